The highest BCUT2D eigenvalue weighted by molar-refractivity contribution is 5.74. The average Bonchev–Trinajstić information content (AvgIpc) is 2.60. The maximum atomic E-state index is 12.6. The molecule has 0 saturated carbocycles. The van der Waals surface area contributed by atoms with E-state index in [1.165, 1.54) is 5.56 Å². The molecule has 0 aliphatic carbocycles. The van der Waals surface area contributed by atoms with Crippen LogP contribution in [0.25, 0.3) is 0 Å². The summed E-state index contributed by atoms with van der Waals surface area (Å²) in [5.74, 6) is 0. The smallest absolute Gasteiger partial charge is 0.317 e. The summed E-state index contributed by atoms with van der Waals surface area (Å²) >= 11 is 0. The van der Waals surface area contributed by atoms with E-state index in [1.54, 1.807) is 30.5 Å². The number of benzene rings is 1. The van der Waals surface area contributed by atoms with Crippen molar-refractivity contribution in [3.63, 3.8) is 0 Å². The van der Waals surface area contributed by atoms with Gasteiger partial charge in [0.1, 0.15) is 0 Å². The molecule has 2 rings (SSSR count). The van der Waals surface area contributed by atoms with Crippen molar-refractivity contribution >= 4 is 6.03 Å². The third-order valence-corrected chi connectivity index (χ3v) is 4.46. The zero-order valence-corrected chi connectivity index (χ0v) is 14.9. The fourth-order valence-corrected chi connectivity index (χ4v) is 2.85. The van der Waals surface area contributed by atoms with Crippen LogP contribution in [0, 0.1) is 0 Å². The minimum absolute atomic E-state index is 0.0386. The lowest BCUT2D eigenvalue weighted by molar-refractivity contribution is 0.194. The quantitative estimate of drug-likeness (QED) is 0.885. The van der Waals surface area contributed by atoms with Crippen LogP contribution in [-0.4, -0.2) is 34.0 Å². The van der Waals surface area contributed by atoms with Crippen LogP contribution in [0.5, 0.6) is 0 Å². The van der Waals surface area contributed by atoms with Crippen LogP contribution in [0.3, 0.4) is 0 Å². The van der Waals surface area contributed by atoms with Crippen molar-refractivity contribution < 1.29 is 4.79 Å². The summed E-state index contributed by atoms with van der Waals surface area (Å²) < 4.78 is 0. The summed E-state index contributed by atoms with van der Waals surface area (Å²) in [6.45, 7) is 6.86. The molecule has 1 aromatic carbocycles. The highest BCUT2D eigenvalue weighted by atomic mass is 16.2. The Labute approximate surface area is 144 Å². The second-order valence-corrected chi connectivity index (χ2v) is 6.55. The molecule has 0 aliphatic heterocycles. The van der Waals surface area contributed by atoms with Crippen molar-refractivity contribution in [3.8, 4) is 0 Å². The van der Waals surface area contributed by atoms with Crippen LogP contribution in [0.2, 0.25) is 0 Å². The molecule has 0 saturated heterocycles. The molecule has 2 amide bonds. The Hall–Kier alpha value is -2.43. The van der Waals surface area contributed by atoms with E-state index >= 15 is 0 Å². The molecule has 0 fully saturated rings. The number of urea groups is 1. The van der Waals surface area contributed by atoms with Gasteiger partial charge in [-0.25, -0.2) is 4.79 Å². The van der Waals surface area contributed by atoms with Gasteiger partial charge in [0.2, 0.25) is 0 Å². The first-order valence-corrected chi connectivity index (χ1v) is 8.27. The number of carbonyl (C=O) groups is 1. The van der Waals surface area contributed by atoms with Crippen molar-refractivity contribution in [1.29, 1.82) is 0 Å². The Kier molecular flexibility index (Phi) is 5.90. The van der Waals surface area contributed by atoms with Gasteiger partial charge < -0.3 is 10.2 Å². The first kappa shape index (κ1) is 17.9. The van der Waals surface area contributed by atoms with Gasteiger partial charge in [-0.05, 0) is 12.0 Å². The Bertz CT molecular complexity index is 643. The van der Waals surface area contributed by atoms with Gasteiger partial charge in [-0.3, -0.25) is 9.97 Å². The maximum absolute atomic E-state index is 12.6. The molecule has 1 atom stereocenters. The van der Waals surface area contributed by atoms with Gasteiger partial charge in [0.05, 0.1) is 18.4 Å². The molecule has 5 nitrogen and oxygen atoms in total. The molecule has 0 radical (unpaired) electrons. The first-order valence-electron chi connectivity index (χ1n) is 8.27. The number of aromatic nitrogens is 2. The molecule has 128 valence electrons. The number of carbonyl (C=O) groups excluding carboxylic acids is 1. The minimum atomic E-state index is -0.154. The summed E-state index contributed by atoms with van der Waals surface area (Å²) in [4.78, 5) is 22.4. The lowest BCUT2D eigenvalue weighted by Crippen LogP contribution is -2.50. The van der Waals surface area contributed by atoms with E-state index in [9.17, 15) is 4.79 Å². The van der Waals surface area contributed by atoms with E-state index in [2.05, 4.69) is 48.2 Å². The molecular weight excluding hydrogens is 300 g/mol. The average molecular weight is 326 g/mol. The van der Waals surface area contributed by atoms with Crippen molar-refractivity contribution in [3.05, 3.63) is 60.2 Å². The van der Waals surface area contributed by atoms with Crippen molar-refractivity contribution in [2.75, 3.05) is 7.05 Å². The largest absolute Gasteiger partial charge is 0.334 e. The lowest BCUT2D eigenvalue weighted by atomic mass is 9.76. The number of amides is 2. The van der Waals surface area contributed by atoms with Crippen molar-refractivity contribution in [2.24, 2.45) is 0 Å². The number of nitrogens with one attached hydrogen (secondary N) is 1. The summed E-state index contributed by atoms with van der Waals surface area (Å²) in [7, 11) is 1.77. The molecule has 1 N–H and O–H groups in total. The van der Waals surface area contributed by atoms with E-state index in [1.807, 2.05) is 18.2 Å². The molecule has 2 aromatic rings. The highest BCUT2D eigenvalue weighted by Gasteiger charge is 2.31. The van der Waals surface area contributed by atoms with Gasteiger partial charge in [0, 0.05) is 30.9 Å². The second kappa shape index (κ2) is 7.90. The van der Waals surface area contributed by atoms with Crippen LogP contribution in [0.1, 0.15) is 38.4 Å². The predicted molar refractivity (Wildman–Crippen MR) is 95.6 cm³/mol. The first-order chi connectivity index (χ1) is 11.4. The molecule has 5 heteroatoms. The van der Waals surface area contributed by atoms with Gasteiger partial charge >= 0.3 is 6.03 Å². The van der Waals surface area contributed by atoms with Crippen LogP contribution in [0.15, 0.2) is 48.9 Å². The molecule has 0 bridgehead atoms. The summed E-state index contributed by atoms with van der Waals surface area (Å²) in [5, 5.41) is 3.16. The zero-order valence-electron chi connectivity index (χ0n) is 14.9. The van der Waals surface area contributed by atoms with Gasteiger partial charge in [-0.1, -0.05) is 51.1 Å². The minimum Gasteiger partial charge on any atom is -0.334 e. The van der Waals surface area contributed by atoms with E-state index < -0.39 is 0 Å². The molecule has 1 heterocycles. The van der Waals surface area contributed by atoms with Crippen LogP contribution in [-0.2, 0) is 12.0 Å². The fourth-order valence-electron chi connectivity index (χ4n) is 2.85. The number of nitrogens with zero attached hydrogens (tertiary/aromatic N) is 3. The zero-order chi connectivity index (χ0) is 17.6. The van der Waals surface area contributed by atoms with E-state index in [4.69, 9.17) is 0 Å². The third-order valence-electron chi connectivity index (χ3n) is 4.46. The van der Waals surface area contributed by atoms with E-state index in [0.717, 1.165) is 12.1 Å². The van der Waals surface area contributed by atoms with E-state index in [-0.39, 0.29) is 17.5 Å². The monoisotopic (exact) mass is 326 g/mol. The van der Waals surface area contributed by atoms with Gasteiger partial charge in [0.25, 0.3) is 0 Å². The van der Waals surface area contributed by atoms with Crippen LogP contribution >= 0.6 is 0 Å². The normalized spacial score (nSPS) is 12.5. The van der Waals surface area contributed by atoms with Crippen LogP contribution < -0.4 is 5.32 Å². The second-order valence-electron chi connectivity index (χ2n) is 6.55. The van der Waals surface area contributed by atoms with Crippen LogP contribution in [0.4, 0.5) is 4.79 Å². The standard InChI is InChI=1S/C19H26N4O/c1-5-17(19(2,3)15-9-7-6-8-10-15)22-18(24)23(4)14-16-13-20-11-12-21-16/h6-13,17H,5,14H2,1-4H3,(H,22,24)/t17-/m0/s1. The molecule has 0 aliphatic rings. The topological polar surface area (TPSA) is 58.1 Å². The Morgan fingerprint density at radius 1 is 1.25 bits per heavy atom. The lowest BCUT2D eigenvalue weighted by Gasteiger charge is -2.36. The van der Waals surface area contributed by atoms with E-state index in [0.29, 0.717) is 6.54 Å². The Morgan fingerprint density at radius 2 is 1.96 bits per heavy atom. The SMILES string of the molecule is CC[C@H](NC(=O)N(C)Cc1cnccn1)C(C)(C)c1ccccc1. The number of rotatable bonds is 6. The Morgan fingerprint density at radius 3 is 2.54 bits per heavy atom. The molecule has 0 unspecified atom stereocenters. The molecule has 0 spiro atoms. The maximum Gasteiger partial charge on any atom is 0.317 e. The highest BCUT2D eigenvalue weighted by Crippen LogP contribution is 2.28. The molecule has 24 heavy (non-hydrogen) atoms. The summed E-state index contributed by atoms with van der Waals surface area (Å²) in [5.41, 5.74) is 1.83. The number of hydrogen-bond donors (Lipinski definition) is 1. The summed E-state index contributed by atoms with van der Waals surface area (Å²) in [6, 6.07) is 10.2. The third kappa shape index (κ3) is 4.31. The van der Waals surface area contributed by atoms with Crippen molar-refractivity contribution in [2.45, 2.75) is 45.2 Å². The molecule has 1 aromatic heterocycles. The Balaban J connectivity index is 2.05. The fraction of sp³-hybridized carbons (Fsp3) is 0.421. The summed E-state index contributed by atoms with van der Waals surface area (Å²) in [6.07, 6.45) is 5.79. The van der Waals surface area contributed by atoms with Gasteiger partial charge in [-0.15, -0.1) is 0 Å². The van der Waals surface area contributed by atoms with Gasteiger partial charge in [-0.2, -0.15) is 0 Å². The number of hydrogen-bond acceptors (Lipinski definition) is 3. The predicted octanol–water partition coefficient (Wildman–Crippen LogP) is 3.37. The molecular formula is C19H26N4O. The van der Waals surface area contributed by atoms with Gasteiger partial charge in [0.15, 0.2) is 0 Å². The van der Waals surface area contributed by atoms with Crippen molar-refractivity contribution in [1.82, 2.24) is 20.2 Å².